The van der Waals surface area contributed by atoms with E-state index in [9.17, 15) is 14.4 Å². The minimum absolute atomic E-state index is 0.0441. The van der Waals surface area contributed by atoms with Gasteiger partial charge in [-0.2, -0.15) is 0 Å². The van der Waals surface area contributed by atoms with Gasteiger partial charge in [-0.15, -0.1) is 0 Å². The van der Waals surface area contributed by atoms with Crippen molar-refractivity contribution in [1.29, 1.82) is 0 Å². The van der Waals surface area contributed by atoms with Crippen LogP contribution in [0.25, 0.3) is 0 Å². The molecule has 1 aromatic rings. The van der Waals surface area contributed by atoms with Gasteiger partial charge >= 0.3 is 5.97 Å². The number of unbranched alkanes of at least 4 members (excludes halogenated alkanes) is 1. The highest BCUT2D eigenvalue weighted by Crippen LogP contribution is 2.20. The van der Waals surface area contributed by atoms with E-state index in [0.717, 1.165) is 12.8 Å². The van der Waals surface area contributed by atoms with E-state index < -0.39 is 24.3 Å². The van der Waals surface area contributed by atoms with Crippen molar-refractivity contribution >= 4 is 23.3 Å². The number of amides is 1. The molecule has 1 aliphatic heterocycles. The maximum Gasteiger partial charge on any atom is 0.347 e. The van der Waals surface area contributed by atoms with E-state index in [4.69, 9.17) is 9.47 Å². The minimum atomic E-state index is -0.874. The van der Waals surface area contributed by atoms with Crippen molar-refractivity contribution in [3.05, 3.63) is 41.8 Å². The first kappa shape index (κ1) is 17.5. The fraction of sp³-hybridized carbons (Fsp3) is 0.353. The highest BCUT2D eigenvalue weighted by molar-refractivity contribution is 6.20. The molecule has 24 heavy (non-hydrogen) atoms. The Morgan fingerprint density at radius 1 is 1.25 bits per heavy atom. The summed E-state index contributed by atoms with van der Waals surface area (Å²) < 4.78 is 10.1. The second kappa shape index (κ2) is 8.71. The Hall–Kier alpha value is -2.83. The maximum atomic E-state index is 12.1. The average molecular weight is 332 g/mol. The topological polar surface area (TPSA) is 93.7 Å². The third-order valence-electron chi connectivity index (χ3n) is 3.28. The Balaban J connectivity index is 1.95. The summed E-state index contributed by atoms with van der Waals surface area (Å²) in [6.45, 7) is 1.87. The van der Waals surface area contributed by atoms with Gasteiger partial charge in [0.15, 0.2) is 18.8 Å². The van der Waals surface area contributed by atoms with Gasteiger partial charge in [-0.25, -0.2) is 4.79 Å². The summed E-state index contributed by atoms with van der Waals surface area (Å²) in [6, 6.07) is 8.98. The molecule has 0 saturated heterocycles. The molecule has 0 aliphatic carbocycles. The van der Waals surface area contributed by atoms with Crippen LogP contribution in [-0.4, -0.2) is 37.4 Å². The van der Waals surface area contributed by atoms with Crippen molar-refractivity contribution < 1.29 is 23.9 Å². The van der Waals surface area contributed by atoms with Gasteiger partial charge in [-0.3, -0.25) is 9.59 Å². The second-order valence-corrected chi connectivity index (χ2v) is 5.19. The highest BCUT2D eigenvalue weighted by Gasteiger charge is 2.32. The van der Waals surface area contributed by atoms with Crippen LogP contribution in [0.3, 0.4) is 0 Å². The number of benzene rings is 1. The Morgan fingerprint density at radius 3 is 2.71 bits per heavy atom. The molecule has 0 bridgehead atoms. The Bertz CT molecular complexity index is 640. The molecule has 0 fully saturated rings. The van der Waals surface area contributed by atoms with Gasteiger partial charge < -0.3 is 20.1 Å². The summed E-state index contributed by atoms with van der Waals surface area (Å²) in [4.78, 5) is 35.5. The molecular formula is C17H20N2O5. The Labute approximate surface area is 140 Å². The second-order valence-electron chi connectivity index (χ2n) is 5.19. The number of rotatable bonds is 8. The van der Waals surface area contributed by atoms with Crippen LogP contribution in [-0.2, 0) is 23.9 Å². The summed E-state index contributed by atoms with van der Waals surface area (Å²) in [5.41, 5.74) is 0.463. The lowest BCUT2D eigenvalue weighted by atomic mass is 10.2. The van der Waals surface area contributed by atoms with Crippen LogP contribution < -0.4 is 10.6 Å². The van der Waals surface area contributed by atoms with Crippen LogP contribution in [0.15, 0.2) is 41.8 Å². The molecular weight excluding hydrogens is 312 g/mol. The van der Waals surface area contributed by atoms with Crippen molar-refractivity contribution in [2.24, 2.45) is 0 Å². The minimum Gasteiger partial charge on any atom is -0.470 e. The fourth-order valence-electron chi connectivity index (χ4n) is 2.03. The standard InChI is InChI=1S/C17H20N2O5/c1-2-3-9-18-14(21)11-24-17(22)15-13(20)10-23-16(15)19-12-7-5-4-6-8-12/h4-8,19H,2-3,9-11H2,1H3,(H,18,21). The molecule has 128 valence electrons. The zero-order chi connectivity index (χ0) is 17.4. The Kier molecular flexibility index (Phi) is 6.36. The lowest BCUT2D eigenvalue weighted by Crippen LogP contribution is -2.30. The van der Waals surface area contributed by atoms with Crippen molar-refractivity contribution in [2.45, 2.75) is 19.8 Å². The molecule has 0 radical (unpaired) electrons. The number of anilines is 1. The first-order valence-corrected chi connectivity index (χ1v) is 7.78. The molecule has 0 atom stereocenters. The SMILES string of the molecule is CCCCNC(=O)COC(=O)C1=C(Nc2ccccc2)OCC1=O. The third-order valence-corrected chi connectivity index (χ3v) is 3.28. The first-order valence-electron chi connectivity index (χ1n) is 7.78. The van der Waals surface area contributed by atoms with Gasteiger partial charge in [0.25, 0.3) is 5.91 Å². The average Bonchev–Trinajstić information content (AvgIpc) is 2.94. The molecule has 7 nitrogen and oxygen atoms in total. The predicted molar refractivity (Wildman–Crippen MR) is 86.9 cm³/mol. The summed E-state index contributed by atoms with van der Waals surface area (Å²) >= 11 is 0. The van der Waals surface area contributed by atoms with Gasteiger partial charge in [-0.05, 0) is 18.6 Å². The number of esters is 1. The fourth-order valence-corrected chi connectivity index (χ4v) is 2.03. The van der Waals surface area contributed by atoms with Crippen molar-refractivity contribution in [1.82, 2.24) is 5.32 Å². The van der Waals surface area contributed by atoms with Gasteiger partial charge in [0.1, 0.15) is 0 Å². The molecule has 0 unspecified atom stereocenters. The molecule has 2 rings (SSSR count). The van der Waals surface area contributed by atoms with E-state index in [1.165, 1.54) is 0 Å². The molecule has 1 amide bonds. The van der Waals surface area contributed by atoms with E-state index in [1.807, 2.05) is 13.0 Å². The monoisotopic (exact) mass is 332 g/mol. The number of ether oxygens (including phenoxy) is 2. The largest absolute Gasteiger partial charge is 0.470 e. The van der Waals surface area contributed by atoms with Crippen LogP contribution in [0.2, 0.25) is 0 Å². The smallest absolute Gasteiger partial charge is 0.347 e. The van der Waals surface area contributed by atoms with Crippen LogP contribution in [0.4, 0.5) is 5.69 Å². The predicted octanol–water partition coefficient (Wildman–Crippen LogP) is 1.37. The quantitative estimate of drug-likeness (QED) is 0.424. The number of carbonyl (C=O) groups is 3. The number of carbonyl (C=O) groups excluding carboxylic acids is 3. The third kappa shape index (κ3) is 4.84. The normalized spacial score (nSPS) is 13.5. The molecule has 1 aromatic carbocycles. The van der Waals surface area contributed by atoms with Crippen LogP contribution in [0, 0.1) is 0 Å². The van der Waals surface area contributed by atoms with Crippen LogP contribution in [0.5, 0.6) is 0 Å². The van der Waals surface area contributed by atoms with Crippen LogP contribution in [0.1, 0.15) is 19.8 Å². The molecule has 0 spiro atoms. The van der Waals surface area contributed by atoms with E-state index >= 15 is 0 Å². The molecule has 1 heterocycles. The summed E-state index contributed by atoms with van der Waals surface area (Å²) in [6.07, 6.45) is 1.80. The molecule has 0 saturated carbocycles. The van der Waals surface area contributed by atoms with E-state index in [2.05, 4.69) is 10.6 Å². The van der Waals surface area contributed by atoms with Crippen LogP contribution >= 0.6 is 0 Å². The molecule has 0 aromatic heterocycles. The van der Waals surface area contributed by atoms with Gasteiger partial charge in [0, 0.05) is 12.2 Å². The zero-order valence-electron chi connectivity index (χ0n) is 13.5. The van der Waals surface area contributed by atoms with Gasteiger partial charge in [0.2, 0.25) is 11.7 Å². The number of hydrogen-bond acceptors (Lipinski definition) is 6. The number of hydrogen-bond donors (Lipinski definition) is 2. The van der Waals surface area contributed by atoms with Gasteiger partial charge in [0.05, 0.1) is 0 Å². The number of nitrogens with one attached hydrogen (secondary N) is 2. The van der Waals surface area contributed by atoms with E-state index in [-0.39, 0.29) is 18.1 Å². The summed E-state index contributed by atoms with van der Waals surface area (Å²) in [7, 11) is 0. The Morgan fingerprint density at radius 2 is 2.00 bits per heavy atom. The highest BCUT2D eigenvalue weighted by atomic mass is 16.5. The van der Waals surface area contributed by atoms with Gasteiger partial charge in [-0.1, -0.05) is 31.5 Å². The molecule has 7 heteroatoms. The number of para-hydroxylation sites is 1. The summed E-state index contributed by atoms with van der Waals surface area (Å²) in [5, 5.41) is 5.49. The van der Waals surface area contributed by atoms with E-state index in [0.29, 0.717) is 12.2 Å². The van der Waals surface area contributed by atoms with Crippen molar-refractivity contribution in [2.75, 3.05) is 25.1 Å². The number of ketones is 1. The first-order chi connectivity index (χ1) is 11.6. The lowest BCUT2D eigenvalue weighted by Gasteiger charge is -2.09. The van der Waals surface area contributed by atoms with E-state index in [1.54, 1.807) is 24.3 Å². The van der Waals surface area contributed by atoms with Crippen molar-refractivity contribution in [3.63, 3.8) is 0 Å². The number of Topliss-reactive ketones (excluding diaryl/α,β-unsaturated/α-hetero) is 1. The maximum absolute atomic E-state index is 12.1. The zero-order valence-corrected chi connectivity index (χ0v) is 13.5. The summed E-state index contributed by atoms with van der Waals surface area (Å²) in [5.74, 6) is -1.71. The lowest BCUT2D eigenvalue weighted by molar-refractivity contribution is -0.145. The molecule has 2 N–H and O–H groups in total. The molecule has 1 aliphatic rings. The van der Waals surface area contributed by atoms with Crippen molar-refractivity contribution in [3.8, 4) is 0 Å².